The van der Waals surface area contributed by atoms with Crippen molar-refractivity contribution in [3.63, 3.8) is 0 Å². The highest BCUT2D eigenvalue weighted by Crippen LogP contribution is 2.20. The van der Waals surface area contributed by atoms with Gasteiger partial charge in [0.15, 0.2) is 5.82 Å². The van der Waals surface area contributed by atoms with Gasteiger partial charge in [-0.3, -0.25) is 0 Å². The van der Waals surface area contributed by atoms with E-state index in [1.165, 1.54) is 0 Å². The van der Waals surface area contributed by atoms with Gasteiger partial charge in [0, 0.05) is 6.42 Å². The molecule has 0 spiro atoms. The molecule has 8 nitrogen and oxygen atoms in total. The van der Waals surface area contributed by atoms with Gasteiger partial charge in [-0.1, -0.05) is 17.3 Å². The van der Waals surface area contributed by atoms with Crippen LogP contribution in [0.4, 0.5) is 5.82 Å². The van der Waals surface area contributed by atoms with Crippen molar-refractivity contribution in [3.8, 4) is 17.3 Å². The van der Waals surface area contributed by atoms with Gasteiger partial charge >= 0.3 is 0 Å². The van der Waals surface area contributed by atoms with E-state index in [2.05, 4.69) is 25.1 Å². The fourth-order valence-electron chi connectivity index (χ4n) is 1.69. The Morgan fingerprint density at radius 2 is 1.95 bits per heavy atom. The van der Waals surface area contributed by atoms with Crippen LogP contribution in [-0.4, -0.2) is 27.6 Å². The second-order valence-electron chi connectivity index (χ2n) is 4.04. The minimum absolute atomic E-state index is 0.115. The summed E-state index contributed by atoms with van der Waals surface area (Å²) in [6.07, 6.45) is 0.526. The normalized spacial score (nSPS) is 10.7. The van der Waals surface area contributed by atoms with Crippen LogP contribution in [-0.2, 0) is 6.42 Å². The van der Waals surface area contributed by atoms with E-state index in [1.54, 1.807) is 7.11 Å². The lowest BCUT2D eigenvalue weighted by atomic mass is 10.1. The molecule has 0 bridgehead atoms. The summed E-state index contributed by atoms with van der Waals surface area (Å²) in [4.78, 5) is 4.20. The first-order valence-corrected chi connectivity index (χ1v) is 5.80. The van der Waals surface area contributed by atoms with Crippen LogP contribution in [0, 0.1) is 0 Å². The maximum Gasteiger partial charge on any atom is 0.284 e. The van der Waals surface area contributed by atoms with E-state index in [9.17, 15) is 0 Å². The Morgan fingerprint density at radius 3 is 2.60 bits per heavy atom. The Balaban J connectivity index is 1.78. The number of anilines is 1. The van der Waals surface area contributed by atoms with Crippen molar-refractivity contribution in [1.29, 1.82) is 0 Å². The molecule has 0 fully saturated rings. The van der Waals surface area contributed by atoms with Gasteiger partial charge in [0.2, 0.25) is 11.5 Å². The maximum absolute atomic E-state index is 5.56. The van der Waals surface area contributed by atoms with E-state index in [-0.39, 0.29) is 17.4 Å². The fourth-order valence-corrected chi connectivity index (χ4v) is 1.69. The van der Waals surface area contributed by atoms with Gasteiger partial charge in [0.05, 0.1) is 7.11 Å². The molecule has 2 heterocycles. The maximum atomic E-state index is 5.56. The largest absolute Gasteiger partial charge is 0.497 e. The van der Waals surface area contributed by atoms with Gasteiger partial charge in [0.25, 0.3) is 5.89 Å². The van der Waals surface area contributed by atoms with E-state index < -0.39 is 0 Å². The van der Waals surface area contributed by atoms with E-state index in [1.807, 2.05) is 24.3 Å². The average Bonchev–Trinajstić information content (AvgIpc) is 3.08. The van der Waals surface area contributed by atoms with Crippen molar-refractivity contribution in [2.75, 3.05) is 12.8 Å². The zero-order valence-corrected chi connectivity index (χ0v) is 10.6. The van der Waals surface area contributed by atoms with Gasteiger partial charge in [-0.05, 0) is 28.0 Å². The standard InChI is InChI=1S/C12H11N5O3/c1-18-8-4-2-7(3-5-8)6-9-14-12(19-15-9)10-11(13)17-20-16-10/h2-5H,6H2,1H3,(H2,13,17). The minimum atomic E-state index is 0.115. The molecule has 2 N–H and O–H groups in total. The number of ether oxygens (including phenoxy) is 1. The number of methoxy groups -OCH3 is 1. The first kappa shape index (κ1) is 12.2. The van der Waals surface area contributed by atoms with Gasteiger partial charge in [-0.25, -0.2) is 4.63 Å². The molecule has 3 aromatic rings. The number of aromatic nitrogens is 4. The zero-order valence-electron chi connectivity index (χ0n) is 10.6. The van der Waals surface area contributed by atoms with Crippen LogP contribution in [0.15, 0.2) is 33.4 Å². The van der Waals surface area contributed by atoms with Crippen LogP contribution >= 0.6 is 0 Å². The van der Waals surface area contributed by atoms with Crippen molar-refractivity contribution in [1.82, 2.24) is 20.5 Å². The molecule has 8 heteroatoms. The Kier molecular flexibility index (Phi) is 3.04. The van der Waals surface area contributed by atoms with Crippen molar-refractivity contribution in [2.24, 2.45) is 0 Å². The topological polar surface area (TPSA) is 113 Å². The lowest BCUT2D eigenvalue weighted by Crippen LogP contribution is -1.92. The van der Waals surface area contributed by atoms with Crippen LogP contribution in [0.25, 0.3) is 11.6 Å². The molecular formula is C12H11N5O3. The third-order valence-corrected chi connectivity index (χ3v) is 2.71. The number of hydrogen-bond acceptors (Lipinski definition) is 8. The molecule has 0 aliphatic heterocycles. The summed E-state index contributed by atoms with van der Waals surface area (Å²) in [6.45, 7) is 0. The summed E-state index contributed by atoms with van der Waals surface area (Å²) >= 11 is 0. The lowest BCUT2D eigenvalue weighted by molar-refractivity contribution is 0.308. The molecule has 0 aliphatic rings. The van der Waals surface area contributed by atoms with E-state index in [4.69, 9.17) is 15.0 Å². The highest BCUT2D eigenvalue weighted by molar-refractivity contribution is 5.60. The van der Waals surface area contributed by atoms with Crippen LogP contribution in [0.5, 0.6) is 5.75 Å². The smallest absolute Gasteiger partial charge is 0.284 e. The summed E-state index contributed by atoms with van der Waals surface area (Å²) in [7, 11) is 1.62. The molecule has 0 atom stereocenters. The number of nitrogens with two attached hydrogens (primary N) is 1. The summed E-state index contributed by atoms with van der Waals surface area (Å²) in [5.74, 6) is 1.62. The highest BCUT2D eigenvalue weighted by atomic mass is 16.6. The third-order valence-electron chi connectivity index (χ3n) is 2.71. The third kappa shape index (κ3) is 2.30. The minimum Gasteiger partial charge on any atom is -0.497 e. The first-order valence-electron chi connectivity index (χ1n) is 5.80. The number of nitrogen functional groups attached to an aromatic ring is 1. The van der Waals surface area contributed by atoms with Gasteiger partial charge in [-0.2, -0.15) is 4.98 Å². The van der Waals surface area contributed by atoms with Crippen LogP contribution < -0.4 is 10.5 Å². The van der Waals surface area contributed by atoms with E-state index in [0.717, 1.165) is 11.3 Å². The van der Waals surface area contributed by atoms with Crippen molar-refractivity contribution >= 4 is 5.82 Å². The predicted octanol–water partition coefficient (Wildman–Crippen LogP) is 1.30. The van der Waals surface area contributed by atoms with Gasteiger partial charge < -0.3 is 15.0 Å². The fraction of sp³-hybridized carbons (Fsp3) is 0.167. The number of rotatable bonds is 4. The molecule has 0 unspecified atom stereocenters. The second kappa shape index (κ2) is 5.00. The zero-order chi connectivity index (χ0) is 13.9. The number of benzene rings is 1. The Hall–Kier alpha value is -2.90. The average molecular weight is 273 g/mol. The van der Waals surface area contributed by atoms with E-state index >= 15 is 0 Å². The number of hydrogen-bond donors (Lipinski definition) is 1. The van der Waals surface area contributed by atoms with Gasteiger partial charge in [0.1, 0.15) is 5.75 Å². The Morgan fingerprint density at radius 1 is 1.15 bits per heavy atom. The van der Waals surface area contributed by atoms with Crippen molar-refractivity contribution in [3.05, 3.63) is 35.7 Å². The molecule has 2 aromatic heterocycles. The predicted molar refractivity (Wildman–Crippen MR) is 67.8 cm³/mol. The monoisotopic (exact) mass is 273 g/mol. The van der Waals surface area contributed by atoms with E-state index in [0.29, 0.717) is 12.2 Å². The number of nitrogens with zero attached hydrogens (tertiary/aromatic N) is 4. The van der Waals surface area contributed by atoms with Crippen molar-refractivity contribution in [2.45, 2.75) is 6.42 Å². The van der Waals surface area contributed by atoms with Gasteiger partial charge in [-0.15, -0.1) is 0 Å². The first-order chi connectivity index (χ1) is 9.76. The molecular weight excluding hydrogens is 262 g/mol. The lowest BCUT2D eigenvalue weighted by Gasteiger charge is -2.00. The quantitative estimate of drug-likeness (QED) is 0.756. The summed E-state index contributed by atoms with van der Waals surface area (Å²) in [5.41, 5.74) is 6.84. The van der Waals surface area contributed by atoms with Crippen LogP contribution in [0.2, 0.25) is 0 Å². The molecule has 0 aliphatic carbocycles. The van der Waals surface area contributed by atoms with Crippen molar-refractivity contribution < 1.29 is 13.9 Å². The second-order valence-corrected chi connectivity index (χ2v) is 4.04. The highest BCUT2D eigenvalue weighted by Gasteiger charge is 2.17. The molecule has 0 saturated heterocycles. The summed E-state index contributed by atoms with van der Waals surface area (Å²) in [5, 5.41) is 10.9. The molecule has 0 amide bonds. The summed E-state index contributed by atoms with van der Waals surface area (Å²) in [6, 6.07) is 7.60. The molecule has 3 rings (SSSR count). The molecule has 0 radical (unpaired) electrons. The molecule has 0 saturated carbocycles. The molecule has 1 aromatic carbocycles. The SMILES string of the molecule is COc1ccc(Cc2noc(-c3nonc3N)n2)cc1. The summed E-state index contributed by atoms with van der Waals surface area (Å²) < 4.78 is 14.7. The Labute approximate surface area is 113 Å². The molecule has 102 valence electrons. The Bertz CT molecular complexity index is 704. The van der Waals surface area contributed by atoms with Crippen LogP contribution in [0.3, 0.4) is 0 Å². The van der Waals surface area contributed by atoms with Crippen LogP contribution in [0.1, 0.15) is 11.4 Å². The molecule has 20 heavy (non-hydrogen) atoms.